The molecule has 1 aliphatic carbocycles. The first-order chi connectivity index (χ1) is 11.9. The largest absolute Gasteiger partial charge is 0.506 e. The summed E-state index contributed by atoms with van der Waals surface area (Å²) in [5, 5.41) is 15.7. The summed E-state index contributed by atoms with van der Waals surface area (Å²) in [5.41, 5.74) is 1.76. The Kier molecular flexibility index (Phi) is 5.44. The number of phenolic OH excluding ortho intramolecular Hbond substituents is 1. The van der Waals surface area contributed by atoms with Crippen LogP contribution in [-0.2, 0) is 11.3 Å². The van der Waals surface area contributed by atoms with E-state index in [9.17, 15) is 14.7 Å². The van der Waals surface area contributed by atoms with E-state index in [-0.39, 0.29) is 35.6 Å². The van der Waals surface area contributed by atoms with Gasteiger partial charge in [-0.1, -0.05) is 28.1 Å². The van der Waals surface area contributed by atoms with E-state index in [1.807, 2.05) is 24.3 Å². The minimum absolute atomic E-state index is 0.0464. The van der Waals surface area contributed by atoms with Gasteiger partial charge in [0.05, 0.1) is 10.0 Å². The second kappa shape index (κ2) is 7.58. The van der Waals surface area contributed by atoms with Crippen LogP contribution in [0.5, 0.6) is 5.75 Å². The molecule has 3 rings (SSSR count). The zero-order valence-corrected chi connectivity index (χ0v) is 16.4. The predicted molar refractivity (Wildman–Crippen MR) is 102 cm³/mol. The Morgan fingerprint density at radius 2 is 1.92 bits per heavy atom. The smallest absolute Gasteiger partial charge is 0.255 e. The predicted octanol–water partition coefficient (Wildman–Crippen LogP) is 4.20. The molecule has 5 nitrogen and oxygen atoms in total. The summed E-state index contributed by atoms with van der Waals surface area (Å²) >= 11 is 6.51. The standard InChI is InChI=1S/C18H16Br2N2O3/c19-12-7-14(16(23)15(20)8-12)18(25)21-9-10-2-1-3-13(6-10)22-17(24)11-4-5-11/h1-3,6-8,11,23H,4-5,9H2,(H,21,25)(H,22,24). The number of halogens is 2. The molecule has 0 spiro atoms. The van der Waals surface area contributed by atoms with Crippen LogP contribution < -0.4 is 10.6 Å². The number of amides is 2. The number of anilines is 1. The lowest BCUT2D eigenvalue weighted by Crippen LogP contribution is -2.23. The summed E-state index contributed by atoms with van der Waals surface area (Å²) < 4.78 is 1.13. The van der Waals surface area contributed by atoms with Crippen LogP contribution in [0, 0.1) is 5.92 Å². The van der Waals surface area contributed by atoms with Gasteiger partial charge >= 0.3 is 0 Å². The van der Waals surface area contributed by atoms with Crippen LogP contribution >= 0.6 is 31.9 Å². The van der Waals surface area contributed by atoms with Gasteiger partial charge in [0, 0.05) is 22.6 Å². The molecule has 1 aliphatic rings. The van der Waals surface area contributed by atoms with Crippen molar-refractivity contribution in [2.75, 3.05) is 5.32 Å². The van der Waals surface area contributed by atoms with Crippen molar-refractivity contribution >= 4 is 49.4 Å². The summed E-state index contributed by atoms with van der Waals surface area (Å²) in [6.07, 6.45) is 1.90. The number of hydrogen-bond donors (Lipinski definition) is 3. The van der Waals surface area contributed by atoms with Crippen molar-refractivity contribution in [3.8, 4) is 5.75 Å². The molecule has 0 heterocycles. The van der Waals surface area contributed by atoms with E-state index in [1.54, 1.807) is 12.1 Å². The first-order valence-corrected chi connectivity index (χ1v) is 9.38. The minimum Gasteiger partial charge on any atom is -0.506 e. The fourth-order valence-corrected chi connectivity index (χ4v) is 3.59. The Labute approximate surface area is 162 Å². The van der Waals surface area contributed by atoms with E-state index in [4.69, 9.17) is 0 Å². The van der Waals surface area contributed by atoms with Gasteiger partial charge in [-0.3, -0.25) is 9.59 Å². The molecule has 2 aromatic rings. The highest BCUT2D eigenvalue weighted by Crippen LogP contribution is 2.32. The number of carbonyl (C=O) groups is 2. The van der Waals surface area contributed by atoms with Crippen LogP contribution in [0.1, 0.15) is 28.8 Å². The number of carbonyl (C=O) groups excluding carboxylic acids is 2. The first kappa shape index (κ1) is 17.9. The minimum atomic E-state index is -0.382. The molecular formula is C18H16Br2N2O3. The van der Waals surface area contributed by atoms with E-state index in [2.05, 4.69) is 42.5 Å². The molecular weight excluding hydrogens is 452 g/mol. The molecule has 2 aromatic carbocycles. The van der Waals surface area contributed by atoms with Gasteiger partial charge in [0.25, 0.3) is 5.91 Å². The Morgan fingerprint density at radius 3 is 2.64 bits per heavy atom. The molecule has 0 aliphatic heterocycles. The quantitative estimate of drug-likeness (QED) is 0.616. The SMILES string of the molecule is O=C(NCc1cccc(NC(=O)C2CC2)c1)c1cc(Br)cc(Br)c1O. The highest BCUT2D eigenvalue weighted by atomic mass is 79.9. The fraction of sp³-hybridized carbons (Fsp3) is 0.222. The lowest BCUT2D eigenvalue weighted by molar-refractivity contribution is -0.117. The third-order valence-electron chi connectivity index (χ3n) is 3.87. The zero-order valence-electron chi connectivity index (χ0n) is 13.2. The summed E-state index contributed by atoms with van der Waals surface area (Å²) in [6, 6.07) is 10.6. The molecule has 130 valence electrons. The van der Waals surface area contributed by atoms with Gasteiger partial charge in [-0.05, 0) is 58.6 Å². The molecule has 1 saturated carbocycles. The van der Waals surface area contributed by atoms with Crippen LogP contribution in [0.2, 0.25) is 0 Å². The molecule has 3 N–H and O–H groups in total. The summed E-state index contributed by atoms with van der Waals surface area (Å²) in [7, 11) is 0. The molecule has 7 heteroatoms. The molecule has 0 atom stereocenters. The maximum absolute atomic E-state index is 12.3. The summed E-state index contributed by atoms with van der Waals surface area (Å²) in [6.45, 7) is 0.287. The van der Waals surface area contributed by atoms with Gasteiger partial charge in [-0.25, -0.2) is 0 Å². The zero-order chi connectivity index (χ0) is 18.0. The summed E-state index contributed by atoms with van der Waals surface area (Å²) in [5.74, 6) is -0.301. The fourth-order valence-electron chi connectivity index (χ4n) is 2.37. The Balaban J connectivity index is 1.65. The van der Waals surface area contributed by atoms with Gasteiger partial charge < -0.3 is 15.7 Å². The highest BCUT2D eigenvalue weighted by molar-refractivity contribution is 9.11. The lowest BCUT2D eigenvalue weighted by atomic mass is 10.1. The van der Waals surface area contributed by atoms with Gasteiger partial charge in [-0.15, -0.1) is 0 Å². The molecule has 0 unspecified atom stereocenters. The first-order valence-electron chi connectivity index (χ1n) is 7.80. The van der Waals surface area contributed by atoms with Crippen LogP contribution in [0.4, 0.5) is 5.69 Å². The van der Waals surface area contributed by atoms with Crippen molar-refractivity contribution in [1.29, 1.82) is 0 Å². The monoisotopic (exact) mass is 466 g/mol. The number of rotatable bonds is 5. The molecule has 1 fully saturated rings. The Morgan fingerprint density at radius 1 is 1.16 bits per heavy atom. The number of nitrogens with one attached hydrogen (secondary N) is 2. The molecule has 0 radical (unpaired) electrons. The van der Waals surface area contributed by atoms with Crippen LogP contribution in [0.3, 0.4) is 0 Å². The molecule has 0 aromatic heterocycles. The highest BCUT2D eigenvalue weighted by Gasteiger charge is 2.29. The maximum Gasteiger partial charge on any atom is 0.255 e. The van der Waals surface area contributed by atoms with Crippen LogP contribution in [0.25, 0.3) is 0 Å². The van der Waals surface area contributed by atoms with Crippen molar-refractivity contribution in [3.05, 3.63) is 56.5 Å². The van der Waals surface area contributed by atoms with Gasteiger partial charge in [0.15, 0.2) is 0 Å². The van der Waals surface area contributed by atoms with E-state index in [0.29, 0.717) is 8.95 Å². The molecule has 2 amide bonds. The van der Waals surface area contributed by atoms with Crippen molar-refractivity contribution < 1.29 is 14.7 Å². The van der Waals surface area contributed by atoms with E-state index in [0.717, 1.165) is 24.1 Å². The molecule has 25 heavy (non-hydrogen) atoms. The lowest BCUT2D eigenvalue weighted by Gasteiger charge is -2.10. The van der Waals surface area contributed by atoms with E-state index >= 15 is 0 Å². The maximum atomic E-state index is 12.3. The Hall–Kier alpha value is -1.86. The van der Waals surface area contributed by atoms with Crippen LogP contribution in [-0.4, -0.2) is 16.9 Å². The number of aromatic hydroxyl groups is 1. The van der Waals surface area contributed by atoms with E-state index < -0.39 is 0 Å². The van der Waals surface area contributed by atoms with Crippen molar-refractivity contribution in [1.82, 2.24) is 5.32 Å². The van der Waals surface area contributed by atoms with Crippen molar-refractivity contribution in [3.63, 3.8) is 0 Å². The average Bonchev–Trinajstić information content (AvgIpc) is 3.41. The van der Waals surface area contributed by atoms with Crippen LogP contribution in [0.15, 0.2) is 45.3 Å². The third kappa shape index (κ3) is 4.61. The van der Waals surface area contributed by atoms with E-state index in [1.165, 1.54) is 0 Å². The van der Waals surface area contributed by atoms with Gasteiger partial charge in [0.2, 0.25) is 5.91 Å². The molecule has 0 saturated heterocycles. The van der Waals surface area contributed by atoms with Crippen molar-refractivity contribution in [2.45, 2.75) is 19.4 Å². The second-order valence-corrected chi connectivity index (χ2v) is 7.70. The number of hydrogen-bond acceptors (Lipinski definition) is 3. The third-order valence-corrected chi connectivity index (χ3v) is 4.93. The topological polar surface area (TPSA) is 78.4 Å². The number of phenols is 1. The molecule has 0 bridgehead atoms. The van der Waals surface area contributed by atoms with Crippen molar-refractivity contribution in [2.24, 2.45) is 5.92 Å². The van der Waals surface area contributed by atoms with Gasteiger partial charge in [0.1, 0.15) is 5.75 Å². The summed E-state index contributed by atoms with van der Waals surface area (Å²) in [4.78, 5) is 24.1. The normalized spacial score (nSPS) is 13.4. The van der Waals surface area contributed by atoms with Gasteiger partial charge in [-0.2, -0.15) is 0 Å². The Bertz CT molecular complexity index is 835. The average molecular weight is 468 g/mol. The number of benzene rings is 2. The second-order valence-electron chi connectivity index (χ2n) is 5.93.